The molecule has 0 radical (unpaired) electrons. The lowest BCUT2D eigenvalue weighted by Crippen LogP contribution is -2.28. The van der Waals surface area contributed by atoms with Crippen molar-refractivity contribution in [3.8, 4) is 11.3 Å². The summed E-state index contributed by atoms with van der Waals surface area (Å²) in [5, 5.41) is 7.86. The van der Waals surface area contributed by atoms with E-state index in [0.29, 0.717) is 6.54 Å². The second-order valence-corrected chi connectivity index (χ2v) is 9.19. The van der Waals surface area contributed by atoms with Gasteiger partial charge in [-0.2, -0.15) is 5.10 Å². The van der Waals surface area contributed by atoms with Crippen molar-refractivity contribution in [2.75, 3.05) is 0 Å². The number of nitrogens with zero attached hydrogens (tertiary/aromatic N) is 2. The number of rotatable bonds is 4. The highest BCUT2D eigenvalue weighted by Crippen LogP contribution is 2.41. The average molecular weight is 386 g/mol. The molecule has 3 aromatic rings. The molecular weight excluding hydrogens is 358 g/mol. The first-order valence-electron chi connectivity index (χ1n) is 10.5. The molecule has 0 saturated heterocycles. The highest BCUT2D eigenvalue weighted by atomic mass is 16.2. The van der Waals surface area contributed by atoms with Gasteiger partial charge < -0.3 is 4.90 Å². The fourth-order valence-corrected chi connectivity index (χ4v) is 5.05. The summed E-state index contributed by atoms with van der Waals surface area (Å²) >= 11 is 0. The lowest BCUT2D eigenvalue weighted by Gasteiger charge is -2.27. The van der Waals surface area contributed by atoms with E-state index in [1.807, 2.05) is 29.2 Å². The second kappa shape index (κ2) is 6.58. The third kappa shape index (κ3) is 2.98. The number of H-pyrrole nitrogens is 1. The molecule has 4 heteroatoms. The Hall–Kier alpha value is -2.88. The normalized spacial score (nSPS) is 18.0. The van der Waals surface area contributed by atoms with Gasteiger partial charge in [-0.25, -0.2) is 0 Å². The molecule has 1 aliphatic carbocycles. The molecular formula is C25H27N3O. The number of benzene rings is 2. The largest absolute Gasteiger partial charge is 0.327 e. The molecule has 4 nitrogen and oxygen atoms in total. The molecule has 0 fully saturated rings. The van der Waals surface area contributed by atoms with Gasteiger partial charge in [0, 0.05) is 28.9 Å². The lowest BCUT2D eigenvalue weighted by molar-refractivity contribution is 0.0696. The van der Waals surface area contributed by atoms with Gasteiger partial charge >= 0.3 is 0 Å². The fourth-order valence-electron chi connectivity index (χ4n) is 5.05. The van der Waals surface area contributed by atoms with Crippen LogP contribution in [0.25, 0.3) is 11.3 Å². The van der Waals surface area contributed by atoms with Crippen LogP contribution in [0.4, 0.5) is 0 Å². The van der Waals surface area contributed by atoms with Crippen LogP contribution in [0.1, 0.15) is 66.0 Å². The van der Waals surface area contributed by atoms with Crippen LogP contribution in [0.2, 0.25) is 0 Å². The molecule has 2 aromatic carbocycles. The molecule has 0 saturated carbocycles. The third-order valence-electron chi connectivity index (χ3n) is 6.42. The van der Waals surface area contributed by atoms with Crippen molar-refractivity contribution in [3.63, 3.8) is 0 Å². The molecule has 1 aliphatic heterocycles. The lowest BCUT2D eigenvalue weighted by atomic mass is 9.90. The summed E-state index contributed by atoms with van der Waals surface area (Å²) in [5.74, 6) is 0.135. The smallest absolute Gasteiger partial charge is 0.255 e. The molecule has 148 valence electrons. The predicted octanol–water partition coefficient (Wildman–Crippen LogP) is 5.31. The second-order valence-electron chi connectivity index (χ2n) is 9.19. The summed E-state index contributed by atoms with van der Waals surface area (Å²) in [5.41, 5.74) is 8.18. The Bertz CT molecular complexity index is 1080. The van der Waals surface area contributed by atoms with Crippen molar-refractivity contribution in [3.05, 3.63) is 76.5 Å². The van der Waals surface area contributed by atoms with Crippen LogP contribution in [0.5, 0.6) is 0 Å². The van der Waals surface area contributed by atoms with Crippen LogP contribution < -0.4 is 0 Å². The van der Waals surface area contributed by atoms with Crippen LogP contribution >= 0.6 is 0 Å². The van der Waals surface area contributed by atoms with Gasteiger partial charge in [0.05, 0.1) is 11.7 Å². The molecule has 29 heavy (non-hydrogen) atoms. The van der Waals surface area contributed by atoms with Crippen LogP contribution in [0.15, 0.2) is 48.5 Å². The maximum absolute atomic E-state index is 13.1. The average Bonchev–Trinajstić information content (AvgIpc) is 3.33. The zero-order chi connectivity index (χ0) is 20.2. The third-order valence-corrected chi connectivity index (χ3v) is 6.42. The molecule has 0 bridgehead atoms. The van der Waals surface area contributed by atoms with E-state index < -0.39 is 0 Å². The summed E-state index contributed by atoms with van der Waals surface area (Å²) < 4.78 is 0. The highest BCUT2D eigenvalue weighted by molar-refractivity contribution is 5.99. The van der Waals surface area contributed by atoms with E-state index in [2.05, 4.69) is 55.2 Å². The van der Waals surface area contributed by atoms with Crippen LogP contribution in [0, 0.1) is 5.41 Å². The predicted molar refractivity (Wildman–Crippen MR) is 115 cm³/mol. The van der Waals surface area contributed by atoms with Gasteiger partial charge in [0.15, 0.2) is 0 Å². The Morgan fingerprint density at radius 2 is 1.93 bits per heavy atom. The van der Waals surface area contributed by atoms with Crippen LogP contribution in [-0.4, -0.2) is 21.0 Å². The van der Waals surface area contributed by atoms with Gasteiger partial charge in [-0.3, -0.25) is 9.89 Å². The highest BCUT2D eigenvalue weighted by Gasteiger charge is 2.35. The molecule has 1 unspecified atom stereocenters. The molecule has 2 heterocycles. The number of nitrogens with one attached hydrogen (secondary N) is 1. The van der Waals surface area contributed by atoms with Crippen molar-refractivity contribution >= 4 is 5.91 Å². The maximum Gasteiger partial charge on any atom is 0.255 e. The van der Waals surface area contributed by atoms with Gasteiger partial charge in [0.2, 0.25) is 0 Å². The minimum absolute atomic E-state index is 0.106. The maximum atomic E-state index is 13.1. The molecule has 1 aromatic heterocycles. The molecule has 5 rings (SSSR count). The number of hydrogen-bond donors (Lipinski definition) is 1. The van der Waals surface area contributed by atoms with E-state index in [9.17, 15) is 4.79 Å². The first-order chi connectivity index (χ1) is 14.0. The van der Waals surface area contributed by atoms with Gasteiger partial charge in [0.25, 0.3) is 5.91 Å². The Kier molecular flexibility index (Phi) is 4.12. The van der Waals surface area contributed by atoms with E-state index in [-0.39, 0.29) is 17.4 Å². The van der Waals surface area contributed by atoms with Crippen molar-refractivity contribution in [2.45, 2.75) is 52.6 Å². The summed E-state index contributed by atoms with van der Waals surface area (Å²) in [6.45, 7) is 7.41. The van der Waals surface area contributed by atoms with Crippen molar-refractivity contribution < 1.29 is 4.79 Å². The zero-order valence-corrected chi connectivity index (χ0v) is 17.3. The Balaban J connectivity index is 1.47. The van der Waals surface area contributed by atoms with Gasteiger partial charge in [0.1, 0.15) is 0 Å². The Morgan fingerprint density at radius 3 is 2.69 bits per heavy atom. The number of carbonyl (C=O) groups excluding carboxylic acids is 1. The minimum atomic E-state index is 0.106. The summed E-state index contributed by atoms with van der Waals surface area (Å²) in [6.07, 6.45) is 2.99. The monoisotopic (exact) mass is 385 g/mol. The van der Waals surface area contributed by atoms with E-state index in [0.717, 1.165) is 41.6 Å². The number of amides is 1. The van der Waals surface area contributed by atoms with E-state index in [1.54, 1.807) is 0 Å². The first-order valence-corrected chi connectivity index (χ1v) is 10.5. The number of aromatic amines is 1. The quantitative estimate of drug-likeness (QED) is 0.662. The fraction of sp³-hybridized carbons (Fsp3) is 0.360. The minimum Gasteiger partial charge on any atom is -0.327 e. The van der Waals surface area contributed by atoms with Crippen molar-refractivity contribution in [1.29, 1.82) is 0 Å². The van der Waals surface area contributed by atoms with Crippen molar-refractivity contribution in [1.82, 2.24) is 15.1 Å². The number of hydrogen-bond acceptors (Lipinski definition) is 2. The first kappa shape index (κ1) is 18.2. The van der Waals surface area contributed by atoms with E-state index >= 15 is 0 Å². The van der Waals surface area contributed by atoms with Gasteiger partial charge in [-0.05, 0) is 47.9 Å². The molecule has 1 atom stereocenters. The topological polar surface area (TPSA) is 49.0 Å². The van der Waals surface area contributed by atoms with Crippen LogP contribution in [-0.2, 0) is 19.4 Å². The van der Waals surface area contributed by atoms with Gasteiger partial charge in [-0.1, -0.05) is 57.2 Å². The Labute approximate surface area is 172 Å². The standard InChI is InChI=1S/C25H27N3O/c1-4-22(16-8-6-5-7-9-16)28-15-18-12-17(10-11-19(18)24(28)29)23-20-13-25(2,3)14-21(20)26-27-23/h5-12,22H,4,13-15H2,1-3H3,(H,26,27). The SMILES string of the molecule is CCC(c1ccccc1)N1Cc2cc(-c3n[nH]c4c3CC(C)(C)C4)ccc2C1=O. The molecule has 2 aliphatic rings. The summed E-state index contributed by atoms with van der Waals surface area (Å²) in [7, 11) is 0. The summed E-state index contributed by atoms with van der Waals surface area (Å²) in [4.78, 5) is 15.2. The summed E-state index contributed by atoms with van der Waals surface area (Å²) in [6, 6.07) is 16.7. The van der Waals surface area contributed by atoms with Crippen molar-refractivity contribution in [2.24, 2.45) is 5.41 Å². The molecule has 1 N–H and O–H groups in total. The van der Waals surface area contributed by atoms with Gasteiger partial charge in [-0.15, -0.1) is 0 Å². The number of fused-ring (bicyclic) bond motifs is 2. The number of aromatic nitrogens is 2. The zero-order valence-electron chi connectivity index (χ0n) is 17.3. The van der Waals surface area contributed by atoms with E-state index in [4.69, 9.17) is 0 Å². The van der Waals surface area contributed by atoms with Crippen LogP contribution in [0.3, 0.4) is 0 Å². The molecule has 0 spiro atoms. The van der Waals surface area contributed by atoms with E-state index in [1.165, 1.54) is 16.8 Å². The Morgan fingerprint density at radius 1 is 1.14 bits per heavy atom. The number of carbonyl (C=O) groups is 1. The molecule has 1 amide bonds.